The van der Waals surface area contributed by atoms with E-state index in [1.807, 2.05) is 35.7 Å². The average molecular weight is 286 g/mol. The fourth-order valence-corrected chi connectivity index (χ4v) is 5.43. The molecule has 1 aliphatic heterocycles. The van der Waals surface area contributed by atoms with E-state index < -0.39 is 5.97 Å². The third kappa shape index (κ3) is 3.20. The van der Waals surface area contributed by atoms with Crippen molar-refractivity contribution in [2.45, 2.75) is 23.3 Å². The Morgan fingerprint density at radius 3 is 2.44 bits per heavy atom. The summed E-state index contributed by atoms with van der Waals surface area (Å²) in [7, 11) is 0. The molecule has 1 aromatic carbocycles. The van der Waals surface area contributed by atoms with E-state index in [-0.39, 0.29) is 16.3 Å². The summed E-state index contributed by atoms with van der Waals surface area (Å²) in [5.41, 5.74) is 1.10. The molecule has 5 heteroatoms. The predicted molar refractivity (Wildman–Crippen MR) is 74.5 cm³/mol. The molecule has 1 N–H and O–H groups in total. The van der Waals surface area contributed by atoms with Crippen LogP contribution in [-0.2, 0) is 8.87 Å². The van der Waals surface area contributed by atoms with Crippen LogP contribution in [0.2, 0.25) is 0 Å². The standard InChI is InChI=1S/C13H15FO2S2/c14-11-5-3-10(4-6-11)13(17-8-9-18-13)7-1-2-12(15)16/h3-6H,1-2,7-9H2,(H,15,16). The van der Waals surface area contributed by atoms with Gasteiger partial charge < -0.3 is 5.11 Å². The lowest BCUT2D eigenvalue weighted by Gasteiger charge is -2.27. The topological polar surface area (TPSA) is 37.3 Å². The van der Waals surface area contributed by atoms with Gasteiger partial charge >= 0.3 is 5.97 Å². The highest BCUT2D eigenvalue weighted by molar-refractivity contribution is 8.20. The van der Waals surface area contributed by atoms with Gasteiger partial charge in [-0.15, -0.1) is 23.5 Å². The van der Waals surface area contributed by atoms with Crippen molar-refractivity contribution >= 4 is 29.5 Å². The Morgan fingerprint density at radius 1 is 1.28 bits per heavy atom. The molecule has 0 radical (unpaired) electrons. The normalized spacial score (nSPS) is 17.8. The van der Waals surface area contributed by atoms with Crippen molar-refractivity contribution in [3.8, 4) is 0 Å². The SMILES string of the molecule is O=C(O)CCCC1(c2ccc(F)cc2)SCCS1. The molecule has 0 unspecified atom stereocenters. The van der Waals surface area contributed by atoms with E-state index in [0.717, 1.165) is 23.5 Å². The molecule has 0 saturated carbocycles. The Balaban J connectivity index is 2.11. The minimum absolute atomic E-state index is 0.0802. The van der Waals surface area contributed by atoms with Gasteiger partial charge in [-0.05, 0) is 30.5 Å². The molecule has 0 spiro atoms. The lowest BCUT2D eigenvalue weighted by Crippen LogP contribution is -2.15. The average Bonchev–Trinajstić information content (AvgIpc) is 2.79. The highest BCUT2D eigenvalue weighted by Crippen LogP contribution is 2.54. The van der Waals surface area contributed by atoms with Gasteiger partial charge in [0.05, 0.1) is 4.08 Å². The molecule has 98 valence electrons. The van der Waals surface area contributed by atoms with Crippen molar-refractivity contribution in [2.75, 3.05) is 11.5 Å². The number of rotatable bonds is 5. The number of carboxylic acid groups (broad SMARTS) is 1. The molecule has 0 atom stereocenters. The molecule has 1 saturated heterocycles. The summed E-state index contributed by atoms with van der Waals surface area (Å²) in [5.74, 6) is 1.15. The van der Waals surface area contributed by atoms with Crippen LogP contribution in [0.5, 0.6) is 0 Å². The maximum atomic E-state index is 13.0. The number of hydrogen-bond acceptors (Lipinski definition) is 3. The summed E-state index contributed by atoms with van der Waals surface area (Å²) in [6, 6.07) is 6.60. The Kier molecular flexibility index (Phi) is 4.56. The Labute approximate surface area is 114 Å². The van der Waals surface area contributed by atoms with Crippen molar-refractivity contribution in [2.24, 2.45) is 0 Å². The van der Waals surface area contributed by atoms with Crippen molar-refractivity contribution < 1.29 is 14.3 Å². The molecule has 2 rings (SSSR count). The summed E-state index contributed by atoms with van der Waals surface area (Å²) in [6.45, 7) is 0. The number of aliphatic carboxylic acids is 1. The fourth-order valence-electron chi connectivity index (χ4n) is 2.09. The molecule has 0 aromatic heterocycles. The van der Waals surface area contributed by atoms with Crippen molar-refractivity contribution in [1.29, 1.82) is 0 Å². The van der Waals surface area contributed by atoms with Crippen LogP contribution in [0, 0.1) is 5.82 Å². The molecule has 1 heterocycles. The number of carboxylic acids is 1. The van der Waals surface area contributed by atoms with Crippen LogP contribution in [0.1, 0.15) is 24.8 Å². The van der Waals surface area contributed by atoms with Gasteiger partial charge in [-0.2, -0.15) is 0 Å². The molecule has 0 aliphatic carbocycles. The Bertz CT molecular complexity index is 414. The molecule has 0 amide bonds. The van der Waals surface area contributed by atoms with Crippen LogP contribution in [0.3, 0.4) is 0 Å². The van der Waals surface area contributed by atoms with Crippen LogP contribution in [0.4, 0.5) is 4.39 Å². The number of hydrogen-bond donors (Lipinski definition) is 1. The zero-order valence-corrected chi connectivity index (χ0v) is 11.5. The summed E-state index contributed by atoms with van der Waals surface area (Å²) in [4.78, 5) is 10.6. The number of carbonyl (C=O) groups is 1. The molecule has 2 nitrogen and oxygen atoms in total. The van der Waals surface area contributed by atoms with E-state index in [0.29, 0.717) is 6.42 Å². The van der Waals surface area contributed by atoms with E-state index in [1.54, 1.807) is 0 Å². The first-order chi connectivity index (χ1) is 8.62. The monoisotopic (exact) mass is 286 g/mol. The van der Waals surface area contributed by atoms with Gasteiger partial charge in [0.25, 0.3) is 0 Å². The number of halogens is 1. The largest absolute Gasteiger partial charge is 0.481 e. The molecule has 0 bridgehead atoms. The molecule has 1 aromatic rings. The summed E-state index contributed by atoms with van der Waals surface area (Å²) in [6.07, 6.45) is 1.68. The lowest BCUT2D eigenvalue weighted by molar-refractivity contribution is -0.137. The quantitative estimate of drug-likeness (QED) is 0.895. The first-order valence-electron chi connectivity index (χ1n) is 5.88. The zero-order chi connectivity index (χ0) is 13.0. The van der Waals surface area contributed by atoms with E-state index in [2.05, 4.69) is 0 Å². The zero-order valence-electron chi connectivity index (χ0n) is 9.89. The van der Waals surface area contributed by atoms with Crippen LogP contribution < -0.4 is 0 Å². The molecule has 18 heavy (non-hydrogen) atoms. The van der Waals surface area contributed by atoms with E-state index >= 15 is 0 Å². The van der Waals surface area contributed by atoms with Crippen LogP contribution in [-0.4, -0.2) is 22.6 Å². The van der Waals surface area contributed by atoms with Gasteiger partial charge in [-0.3, -0.25) is 4.79 Å². The molecular formula is C13H15FO2S2. The van der Waals surface area contributed by atoms with E-state index in [1.165, 1.54) is 12.1 Å². The predicted octanol–water partition coefficient (Wildman–Crippen LogP) is 3.71. The van der Waals surface area contributed by atoms with Gasteiger partial charge in [0.15, 0.2) is 0 Å². The Morgan fingerprint density at radius 2 is 1.89 bits per heavy atom. The van der Waals surface area contributed by atoms with Gasteiger partial charge in [-0.25, -0.2) is 4.39 Å². The molecule has 1 fully saturated rings. The highest BCUT2D eigenvalue weighted by atomic mass is 32.2. The van der Waals surface area contributed by atoms with Gasteiger partial charge in [-0.1, -0.05) is 12.1 Å². The summed E-state index contributed by atoms with van der Waals surface area (Å²) < 4.78 is 12.9. The summed E-state index contributed by atoms with van der Waals surface area (Å²) in [5, 5.41) is 8.72. The van der Waals surface area contributed by atoms with Crippen LogP contribution in [0.15, 0.2) is 24.3 Å². The Hall–Kier alpha value is -0.680. The minimum atomic E-state index is -0.753. The van der Waals surface area contributed by atoms with Crippen LogP contribution in [0.25, 0.3) is 0 Å². The van der Waals surface area contributed by atoms with E-state index in [9.17, 15) is 9.18 Å². The second-order valence-corrected chi connectivity index (χ2v) is 7.25. The maximum Gasteiger partial charge on any atom is 0.303 e. The third-order valence-corrected chi connectivity index (χ3v) is 6.53. The van der Waals surface area contributed by atoms with Gasteiger partial charge in [0.2, 0.25) is 0 Å². The van der Waals surface area contributed by atoms with Crippen molar-refractivity contribution in [3.63, 3.8) is 0 Å². The second kappa shape index (κ2) is 5.97. The fraction of sp³-hybridized carbons (Fsp3) is 0.462. The van der Waals surface area contributed by atoms with Gasteiger partial charge in [0.1, 0.15) is 5.82 Å². The first kappa shape index (κ1) is 13.7. The van der Waals surface area contributed by atoms with Gasteiger partial charge in [0, 0.05) is 17.9 Å². The van der Waals surface area contributed by atoms with Crippen LogP contribution >= 0.6 is 23.5 Å². The molecular weight excluding hydrogens is 271 g/mol. The lowest BCUT2D eigenvalue weighted by atomic mass is 10.1. The second-order valence-electron chi connectivity index (χ2n) is 4.20. The summed E-state index contributed by atoms with van der Waals surface area (Å²) >= 11 is 3.70. The minimum Gasteiger partial charge on any atom is -0.481 e. The first-order valence-corrected chi connectivity index (χ1v) is 7.85. The number of thioether (sulfide) groups is 2. The van der Waals surface area contributed by atoms with E-state index in [4.69, 9.17) is 5.11 Å². The molecule has 1 aliphatic rings. The third-order valence-electron chi connectivity index (χ3n) is 2.93. The van der Waals surface area contributed by atoms with Crippen molar-refractivity contribution in [1.82, 2.24) is 0 Å². The highest BCUT2D eigenvalue weighted by Gasteiger charge is 2.36. The van der Waals surface area contributed by atoms with Crippen molar-refractivity contribution in [3.05, 3.63) is 35.6 Å². The number of benzene rings is 1. The smallest absolute Gasteiger partial charge is 0.303 e. The maximum absolute atomic E-state index is 13.0.